The molecule has 10 heteroatoms. The van der Waals surface area contributed by atoms with Crippen molar-refractivity contribution in [3.63, 3.8) is 0 Å². The Hall–Kier alpha value is -2.26. The van der Waals surface area contributed by atoms with Gasteiger partial charge in [-0.05, 0) is 25.1 Å². The number of amides is 1. The Morgan fingerprint density at radius 1 is 1.35 bits per heavy atom. The van der Waals surface area contributed by atoms with Crippen LogP contribution in [0.25, 0.3) is 11.2 Å². The van der Waals surface area contributed by atoms with Gasteiger partial charge in [0.2, 0.25) is 5.91 Å². The number of carbonyl (C=O) groups is 1. The zero-order valence-corrected chi connectivity index (χ0v) is 14.8. The number of halogens is 4. The number of H-pyrrole nitrogens is 1. The Bertz CT molecular complexity index is 960. The minimum atomic E-state index is -4.55. The molecule has 0 fully saturated rings. The lowest BCUT2D eigenvalue weighted by atomic mass is 10.1. The van der Waals surface area contributed by atoms with Crippen molar-refractivity contribution in [2.24, 2.45) is 0 Å². The summed E-state index contributed by atoms with van der Waals surface area (Å²) in [7, 11) is 0. The number of para-hydroxylation sites is 1. The number of hydrogen-bond acceptors (Lipinski definition) is 4. The Balaban J connectivity index is 1.74. The number of aromatic nitrogens is 3. The molecule has 0 radical (unpaired) electrons. The van der Waals surface area contributed by atoms with Crippen LogP contribution < -0.4 is 5.32 Å². The largest absolute Gasteiger partial charge is 0.418 e. The molecule has 2 heterocycles. The number of fused-ring (bicyclic) bond motifs is 1. The lowest BCUT2D eigenvalue weighted by Crippen LogP contribution is -2.24. The molecular formula is C16H12ClF3N4OS. The molecule has 0 unspecified atom stereocenters. The number of thioether (sulfide) groups is 1. The zero-order chi connectivity index (χ0) is 18.9. The van der Waals surface area contributed by atoms with Gasteiger partial charge in [-0.3, -0.25) is 4.79 Å². The van der Waals surface area contributed by atoms with Gasteiger partial charge >= 0.3 is 6.18 Å². The first kappa shape index (κ1) is 18.5. The number of carbonyl (C=O) groups excluding carboxylic acids is 1. The van der Waals surface area contributed by atoms with Gasteiger partial charge in [-0.2, -0.15) is 13.2 Å². The van der Waals surface area contributed by atoms with Crippen LogP contribution in [0.4, 0.5) is 18.9 Å². The number of imidazole rings is 1. The van der Waals surface area contributed by atoms with Gasteiger partial charge in [0.25, 0.3) is 0 Å². The minimum absolute atomic E-state index is 0.282. The van der Waals surface area contributed by atoms with E-state index in [0.717, 1.165) is 17.8 Å². The predicted octanol–water partition coefficient (Wildman–Crippen LogP) is 4.75. The van der Waals surface area contributed by atoms with Crippen molar-refractivity contribution in [2.75, 3.05) is 5.32 Å². The SMILES string of the molecule is C[C@@H](Sc1nc2ncc(Cl)cc2[nH]1)C(=O)Nc1ccccc1C(F)(F)F. The van der Waals surface area contributed by atoms with Crippen molar-refractivity contribution in [2.45, 2.75) is 23.5 Å². The third-order valence-electron chi connectivity index (χ3n) is 3.43. The van der Waals surface area contributed by atoms with Crippen molar-refractivity contribution < 1.29 is 18.0 Å². The number of anilines is 1. The first-order valence-corrected chi connectivity index (χ1v) is 8.65. The van der Waals surface area contributed by atoms with Gasteiger partial charge in [-0.25, -0.2) is 9.97 Å². The molecular weight excluding hydrogens is 389 g/mol. The minimum Gasteiger partial charge on any atom is -0.331 e. The molecule has 0 aliphatic carbocycles. The van der Waals surface area contributed by atoms with Gasteiger partial charge in [0, 0.05) is 6.20 Å². The second kappa shape index (κ2) is 7.16. The molecule has 1 amide bonds. The van der Waals surface area contributed by atoms with E-state index in [1.807, 2.05) is 0 Å². The van der Waals surface area contributed by atoms with Crippen molar-refractivity contribution >= 4 is 46.1 Å². The number of nitrogens with one attached hydrogen (secondary N) is 2. The topological polar surface area (TPSA) is 70.7 Å². The van der Waals surface area contributed by atoms with Crippen LogP contribution in [0.3, 0.4) is 0 Å². The monoisotopic (exact) mass is 400 g/mol. The molecule has 0 saturated heterocycles. The maximum Gasteiger partial charge on any atom is 0.418 e. The van der Waals surface area contributed by atoms with Gasteiger partial charge in [-0.15, -0.1) is 0 Å². The highest BCUT2D eigenvalue weighted by Gasteiger charge is 2.34. The molecule has 1 aromatic carbocycles. The molecule has 3 aromatic rings. The van der Waals surface area contributed by atoms with Crippen molar-refractivity contribution in [3.8, 4) is 0 Å². The van der Waals surface area contributed by atoms with E-state index in [-0.39, 0.29) is 5.69 Å². The number of pyridine rings is 1. The molecule has 5 nitrogen and oxygen atoms in total. The predicted molar refractivity (Wildman–Crippen MR) is 94.3 cm³/mol. The molecule has 1 atom stereocenters. The van der Waals surface area contributed by atoms with Gasteiger partial charge in [0.15, 0.2) is 10.8 Å². The Morgan fingerprint density at radius 3 is 2.81 bits per heavy atom. The van der Waals surface area contributed by atoms with Crippen LogP contribution in [-0.4, -0.2) is 26.1 Å². The van der Waals surface area contributed by atoms with Crippen LogP contribution >= 0.6 is 23.4 Å². The highest BCUT2D eigenvalue weighted by Crippen LogP contribution is 2.35. The number of nitrogens with zero attached hydrogens (tertiary/aromatic N) is 2. The van der Waals surface area contributed by atoms with E-state index in [2.05, 4.69) is 20.3 Å². The normalized spacial score (nSPS) is 13.0. The quantitative estimate of drug-likeness (QED) is 0.620. The van der Waals surface area contributed by atoms with Gasteiger partial charge in [-0.1, -0.05) is 35.5 Å². The molecule has 0 spiro atoms. The summed E-state index contributed by atoms with van der Waals surface area (Å²) in [5, 5.41) is 2.49. The van der Waals surface area contributed by atoms with Crippen molar-refractivity contribution in [1.82, 2.24) is 15.0 Å². The van der Waals surface area contributed by atoms with E-state index in [0.29, 0.717) is 21.3 Å². The second-order valence-electron chi connectivity index (χ2n) is 5.36. The summed E-state index contributed by atoms with van der Waals surface area (Å²) in [6, 6.07) is 6.47. The van der Waals surface area contributed by atoms with E-state index in [1.54, 1.807) is 13.0 Å². The average Bonchev–Trinajstić information content (AvgIpc) is 2.95. The first-order chi connectivity index (χ1) is 12.2. The van der Waals surface area contributed by atoms with Crippen molar-refractivity contribution in [1.29, 1.82) is 0 Å². The third-order valence-corrected chi connectivity index (χ3v) is 4.62. The average molecular weight is 401 g/mol. The summed E-state index contributed by atoms with van der Waals surface area (Å²) in [4.78, 5) is 23.5. The first-order valence-electron chi connectivity index (χ1n) is 7.39. The Labute approximate surface area is 155 Å². The number of hydrogen-bond donors (Lipinski definition) is 2. The summed E-state index contributed by atoms with van der Waals surface area (Å²) in [5.41, 5.74) is -0.134. The molecule has 136 valence electrons. The van der Waals surface area contributed by atoms with Gasteiger partial charge in [0.05, 0.1) is 27.0 Å². The molecule has 3 rings (SSSR count). The lowest BCUT2D eigenvalue weighted by molar-refractivity contribution is -0.137. The molecule has 0 saturated carbocycles. The van der Waals surface area contributed by atoms with E-state index in [1.165, 1.54) is 24.4 Å². The fourth-order valence-electron chi connectivity index (χ4n) is 2.20. The maximum absolute atomic E-state index is 13.0. The van der Waals surface area contributed by atoms with Crippen LogP contribution in [0.15, 0.2) is 41.7 Å². The van der Waals surface area contributed by atoms with Crippen molar-refractivity contribution in [3.05, 3.63) is 47.1 Å². The Morgan fingerprint density at radius 2 is 2.08 bits per heavy atom. The van der Waals surface area contributed by atoms with E-state index < -0.39 is 22.9 Å². The maximum atomic E-state index is 13.0. The summed E-state index contributed by atoms with van der Waals surface area (Å²) in [5.74, 6) is -0.571. The highest BCUT2D eigenvalue weighted by atomic mass is 35.5. The van der Waals surface area contributed by atoms with E-state index in [9.17, 15) is 18.0 Å². The number of rotatable bonds is 4. The zero-order valence-electron chi connectivity index (χ0n) is 13.3. The van der Waals surface area contributed by atoms with Crippen LogP contribution in [0, 0.1) is 0 Å². The van der Waals surface area contributed by atoms with E-state index in [4.69, 9.17) is 11.6 Å². The highest BCUT2D eigenvalue weighted by molar-refractivity contribution is 8.00. The van der Waals surface area contributed by atoms with Crippen LogP contribution in [0.2, 0.25) is 5.02 Å². The standard InChI is InChI=1S/C16H12ClF3N4OS/c1-8(26-15-23-12-6-9(17)7-21-13(12)24-15)14(25)22-11-5-3-2-4-10(11)16(18,19)20/h2-8H,1H3,(H,22,25)(H,21,23,24)/t8-/m1/s1. The smallest absolute Gasteiger partial charge is 0.331 e. The van der Waals surface area contributed by atoms with E-state index >= 15 is 0 Å². The van der Waals surface area contributed by atoms with Crippen LogP contribution in [0.5, 0.6) is 0 Å². The summed E-state index contributed by atoms with van der Waals surface area (Å²) in [6.07, 6.45) is -3.10. The lowest BCUT2D eigenvalue weighted by Gasteiger charge is -2.15. The number of aromatic amines is 1. The van der Waals surface area contributed by atoms with Gasteiger partial charge < -0.3 is 10.3 Å². The summed E-state index contributed by atoms with van der Waals surface area (Å²) >= 11 is 6.93. The third kappa shape index (κ3) is 4.10. The fourth-order valence-corrected chi connectivity index (χ4v) is 3.17. The van der Waals surface area contributed by atoms with Crippen LogP contribution in [0.1, 0.15) is 12.5 Å². The molecule has 0 bridgehead atoms. The number of alkyl halides is 3. The molecule has 26 heavy (non-hydrogen) atoms. The summed E-state index contributed by atoms with van der Waals surface area (Å²) in [6.45, 7) is 1.57. The Kier molecular flexibility index (Phi) is 5.10. The second-order valence-corrected chi connectivity index (χ2v) is 7.13. The van der Waals surface area contributed by atoms with Gasteiger partial charge in [0.1, 0.15) is 0 Å². The molecule has 2 N–H and O–H groups in total. The molecule has 2 aromatic heterocycles. The van der Waals surface area contributed by atoms with Crippen LogP contribution in [-0.2, 0) is 11.0 Å². The fraction of sp³-hybridized carbons (Fsp3) is 0.188. The number of benzene rings is 1. The molecule has 0 aliphatic heterocycles. The molecule has 0 aliphatic rings. The summed E-state index contributed by atoms with van der Waals surface area (Å²) < 4.78 is 39.0.